The van der Waals surface area contributed by atoms with Crippen LogP contribution in [0.5, 0.6) is 0 Å². The molecule has 0 unspecified atom stereocenters. The molecule has 0 amide bonds. The molecule has 0 fully saturated rings. The van der Waals surface area contributed by atoms with E-state index in [1.54, 1.807) is 0 Å². The van der Waals surface area contributed by atoms with Gasteiger partial charge in [-0.15, -0.1) is 0 Å². The van der Waals surface area contributed by atoms with Gasteiger partial charge in [0.05, 0.1) is 0 Å². The van der Waals surface area contributed by atoms with Crippen LogP contribution in [0.4, 0.5) is 0 Å². The van der Waals surface area contributed by atoms with Crippen molar-refractivity contribution in [2.24, 2.45) is 0 Å². The van der Waals surface area contributed by atoms with Gasteiger partial charge in [-0.05, 0) is 32.7 Å². The van der Waals surface area contributed by atoms with Gasteiger partial charge in [-0.25, -0.2) is 0 Å². The zero-order chi connectivity index (χ0) is 13.6. The van der Waals surface area contributed by atoms with E-state index in [0.717, 1.165) is 0 Å². The predicted octanol–water partition coefficient (Wildman–Crippen LogP) is 6.07. The van der Waals surface area contributed by atoms with Gasteiger partial charge in [0, 0.05) is 0 Å². The maximum Gasteiger partial charge on any atom is -0.0109 e. The highest BCUT2D eigenvalue weighted by Gasteiger charge is 2.22. The van der Waals surface area contributed by atoms with Crippen LogP contribution in [-0.2, 0) is 10.8 Å². The first-order valence-electron chi connectivity index (χ1n) is 6.74. The number of hydrogen-bond donors (Lipinski definition) is 0. The normalized spacial score (nSPS) is 12.3. The van der Waals surface area contributed by atoms with Crippen LogP contribution >= 0.6 is 0 Å². The average molecular weight is 256 g/mol. The van der Waals surface area contributed by atoms with E-state index in [4.69, 9.17) is 0 Å². The number of fused-ring (bicyclic) bond motifs is 1. The van der Waals surface area contributed by atoms with Crippen molar-refractivity contribution >= 4 is 10.8 Å². The van der Waals surface area contributed by atoms with Crippen molar-refractivity contribution in [3.63, 3.8) is 0 Å². The fourth-order valence-corrected chi connectivity index (χ4v) is 2.59. The van der Waals surface area contributed by atoms with Gasteiger partial charge in [0.15, 0.2) is 0 Å². The lowest BCUT2D eigenvalue weighted by Crippen LogP contribution is -2.17. The summed E-state index contributed by atoms with van der Waals surface area (Å²) >= 11 is 0. The summed E-state index contributed by atoms with van der Waals surface area (Å²) in [4.78, 5) is 0. The van der Waals surface area contributed by atoms with Crippen LogP contribution in [0, 0.1) is 0 Å². The summed E-state index contributed by atoms with van der Waals surface area (Å²) in [5.74, 6) is 0. The van der Waals surface area contributed by atoms with Gasteiger partial charge in [0.1, 0.15) is 0 Å². The molecular weight excluding hydrogens is 228 g/mol. The smallest absolute Gasteiger partial charge is 0.0109 e. The number of benzene rings is 2. The second kappa shape index (κ2) is 5.00. The molecule has 0 atom stereocenters. The van der Waals surface area contributed by atoms with Crippen LogP contribution in [0.25, 0.3) is 10.8 Å². The maximum atomic E-state index is 2.29. The maximum absolute atomic E-state index is 2.29. The van der Waals surface area contributed by atoms with E-state index in [-0.39, 0.29) is 18.3 Å². The van der Waals surface area contributed by atoms with E-state index in [1.807, 2.05) is 0 Å². The fourth-order valence-electron chi connectivity index (χ4n) is 2.59. The number of hydrogen-bond acceptors (Lipinski definition) is 0. The molecule has 0 bridgehead atoms. The van der Waals surface area contributed by atoms with Crippen molar-refractivity contribution in [2.45, 2.75) is 59.8 Å². The molecule has 0 aliphatic heterocycles. The topological polar surface area (TPSA) is 0 Å². The Morgan fingerprint density at radius 2 is 1.00 bits per heavy atom. The van der Waals surface area contributed by atoms with E-state index in [1.165, 1.54) is 21.9 Å². The summed E-state index contributed by atoms with van der Waals surface area (Å²) in [5, 5.41) is 2.80. The second-order valence-electron chi connectivity index (χ2n) is 7.21. The summed E-state index contributed by atoms with van der Waals surface area (Å²) < 4.78 is 0. The molecule has 2 aromatic rings. The van der Waals surface area contributed by atoms with Crippen molar-refractivity contribution in [3.05, 3.63) is 47.5 Å². The van der Waals surface area contributed by atoms with E-state index in [2.05, 4.69) is 77.9 Å². The van der Waals surface area contributed by atoms with Gasteiger partial charge in [-0.3, -0.25) is 0 Å². The third kappa shape index (κ3) is 3.00. The molecule has 0 radical (unpaired) electrons. The Balaban J connectivity index is 0.00000180. The fraction of sp³-hybridized carbons (Fsp3) is 0.474. The molecule has 0 saturated heterocycles. The molecule has 0 N–H and O–H groups in total. The molecule has 0 nitrogen and oxygen atoms in total. The lowest BCUT2D eigenvalue weighted by Gasteiger charge is -2.27. The predicted molar refractivity (Wildman–Crippen MR) is 88.1 cm³/mol. The Labute approximate surface area is 118 Å². The number of rotatable bonds is 0. The summed E-state index contributed by atoms with van der Waals surface area (Å²) in [7, 11) is 0. The zero-order valence-corrected chi connectivity index (χ0v) is 12.5. The quantitative estimate of drug-likeness (QED) is 0.536. The highest BCUT2D eigenvalue weighted by Crippen LogP contribution is 2.36. The summed E-state index contributed by atoms with van der Waals surface area (Å²) in [6.07, 6.45) is 0. The molecule has 2 aromatic carbocycles. The van der Waals surface area contributed by atoms with Crippen molar-refractivity contribution in [1.82, 2.24) is 0 Å². The molecule has 0 saturated carbocycles. The Morgan fingerprint density at radius 3 is 1.32 bits per heavy atom. The third-order valence-electron chi connectivity index (χ3n) is 3.52. The van der Waals surface area contributed by atoms with Crippen LogP contribution in [0.3, 0.4) is 0 Å². The minimum absolute atomic E-state index is 0. The van der Waals surface area contributed by atoms with Gasteiger partial charge < -0.3 is 0 Å². The minimum atomic E-state index is 0. The van der Waals surface area contributed by atoms with E-state index < -0.39 is 0 Å². The highest BCUT2D eigenvalue weighted by atomic mass is 14.3. The first kappa shape index (κ1) is 15.8. The molecule has 0 aliphatic rings. The Hall–Kier alpha value is -1.30. The molecule has 0 aromatic heterocycles. The SMILES string of the molecule is C.CC(C)(C)c1cccc2cccc(C(C)(C)C)c12. The second-order valence-corrected chi connectivity index (χ2v) is 7.21. The third-order valence-corrected chi connectivity index (χ3v) is 3.52. The lowest BCUT2D eigenvalue weighted by atomic mass is 9.77. The van der Waals surface area contributed by atoms with Crippen LogP contribution in [0.2, 0.25) is 0 Å². The van der Waals surface area contributed by atoms with Crippen LogP contribution in [0.15, 0.2) is 36.4 Å². The van der Waals surface area contributed by atoms with Gasteiger partial charge in [-0.2, -0.15) is 0 Å². The highest BCUT2D eigenvalue weighted by molar-refractivity contribution is 5.90. The largest absolute Gasteiger partial charge is 0.0776 e. The molecule has 0 heterocycles. The molecule has 0 heteroatoms. The van der Waals surface area contributed by atoms with Crippen molar-refractivity contribution in [3.8, 4) is 0 Å². The lowest BCUT2D eigenvalue weighted by molar-refractivity contribution is 0.581. The molecular formula is C19H28. The van der Waals surface area contributed by atoms with E-state index >= 15 is 0 Å². The summed E-state index contributed by atoms with van der Waals surface area (Å²) in [6, 6.07) is 13.3. The van der Waals surface area contributed by atoms with E-state index in [9.17, 15) is 0 Å². The minimum Gasteiger partial charge on any atom is -0.0776 e. The molecule has 0 aliphatic carbocycles. The van der Waals surface area contributed by atoms with Gasteiger partial charge in [0.25, 0.3) is 0 Å². The standard InChI is InChI=1S/C18H24.CH4/c1-17(2,3)14-11-7-9-13-10-8-12-15(16(13)14)18(4,5)6;/h7-12H,1-6H3;1H4. The summed E-state index contributed by atoms with van der Waals surface area (Å²) in [5.41, 5.74) is 3.26. The summed E-state index contributed by atoms with van der Waals surface area (Å²) in [6.45, 7) is 13.8. The Morgan fingerprint density at radius 1 is 0.632 bits per heavy atom. The monoisotopic (exact) mass is 256 g/mol. The van der Waals surface area contributed by atoms with Gasteiger partial charge in [0.2, 0.25) is 0 Å². The molecule has 104 valence electrons. The molecule has 2 rings (SSSR count). The zero-order valence-electron chi connectivity index (χ0n) is 12.5. The van der Waals surface area contributed by atoms with Crippen molar-refractivity contribution in [2.75, 3.05) is 0 Å². The van der Waals surface area contributed by atoms with Crippen LogP contribution in [-0.4, -0.2) is 0 Å². The van der Waals surface area contributed by atoms with E-state index in [0.29, 0.717) is 0 Å². The van der Waals surface area contributed by atoms with Crippen molar-refractivity contribution in [1.29, 1.82) is 0 Å². The van der Waals surface area contributed by atoms with Gasteiger partial charge in [-0.1, -0.05) is 85.4 Å². The molecule has 19 heavy (non-hydrogen) atoms. The Kier molecular flexibility index (Phi) is 4.14. The molecule has 0 spiro atoms. The Bertz CT molecular complexity index is 514. The van der Waals surface area contributed by atoms with Gasteiger partial charge >= 0.3 is 0 Å². The first-order valence-corrected chi connectivity index (χ1v) is 6.74. The van der Waals surface area contributed by atoms with Crippen LogP contribution in [0.1, 0.15) is 60.1 Å². The first-order chi connectivity index (χ1) is 8.21. The average Bonchev–Trinajstić information content (AvgIpc) is 2.24. The van der Waals surface area contributed by atoms with Crippen molar-refractivity contribution < 1.29 is 0 Å². The van der Waals surface area contributed by atoms with Crippen LogP contribution < -0.4 is 0 Å².